The van der Waals surface area contributed by atoms with Gasteiger partial charge in [-0.15, -0.1) is 0 Å². The number of imidazole rings is 1. The molecule has 26 heavy (non-hydrogen) atoms. The number of methoxy groups -OCH3 is 1. The Kier molecular flexibility index (Phi) is 5.06. The van der Waals surface area contributed by atoms with Crippen LogP contribution in [0.15, 0.2) is 36.8 Å². The van der Waals surface area contributed by atoms with E-state index < -0.39 is 0 Å². The summed E-state index contributed by atoms with van der Waals surface area (Å²) < 4.78 is 7.20. The Balaban J connectivity index is 1.73. The summed E-state index contributed by atoms with van der Waals surface area (Å²) in [7, 11) is 1.64. The highest BCUT2D eigenvalue weighted by molar-refractivity contribution is 5.90. The highest BCUT2D eigenvalue weighted by Gasteiger charge is 2.17. The van der Waals surface area contributed by atoms with Crippen molar-refractivity contribution in [2.24, 2.45) is 0 Å². The molecule has 1 unspecified atom stereocenters. The molecule has 3 aromatic rings. The monoisotopic (exact) mass is 353 g/mol. The van der Waals surface area contributed by atoms with Crippen LogP contribution in [0.25, 0.3) is 5.78 Å². The maximum absolute atomic E-state index is 12.4. The first-order valence-corrected chi connectivity index (χ1v) is 8.54. The van der Waals surface area contributed by atoms with Crippen LogP contribution in [0, 0.1) is 13.8 Å². The molecule has 136 valence electrons. The number of hydrogen-bond donors (Lipinski definition) is 2. The lowest BCUT2D eigenvalue weighted by atomic mass is 10.1. The van der Waals surface area contributed by atoms with E-state index in [1.165, 1.54) is 0 Å². The van der Waals surface area contributed by atoms with Gasteiger partial charge in [-0.25, -0.2) is 14.8 Å². The van der Waals surface area contributed by atoms with E-state index in [1.807, 2.05) is 55.8 Å². The van der Waals surface area contributed by atoms with Gasteiger partial charge in [0.25, 0.3) is 0 Å². The molecule has 2 amide bonds. The number of anilines is 1. The van der Waals surface area contributed by atoms with Crippen LogP contribution < -0.4 is 15.4 Å². The van der Waals surface area contributed by atoms with Crippen LogP contribution >= 0.6 is 0 Å². The van der Waals surface area contributed by atoms with Gasteiger partial charge in [-0.3, -0.25) is 4.40 Å². The summed E-state index contributed by atoms with van der Waals surface area (Å²) >= 11 is 0. The number of aromatic nitrogens is 3. The maximum Gasteiger partial charge on any atom is 0.319 e. The van der Waals surface area contributed by atoms with Crippen LogP contribution in [-0.2, 0) is 0 Å². The number of ether oxygens (including phenoxy) is 1. The second-order valence-corrected chi connectivity index (χ2v) is 6.20. The summed E-state index contributed by atoms with van der Waals surface area (Å²) in [5.41, 5.74) is 3.45. The molecule has 2 heterocycles. The van der Waals surface area contributed by atoms with Crippen molar-refractivity contribution in [3.8, 4) is 5.75 Å². The zero-order valence-corrected chi connectivity index (χ0v) is 15.4. The van der Waals surface area contributed by atoms with Crippen molar-refractivity contribution in [1.82, 2.24) is 19.7 Å². The Morgan fingerprint density at radius 2 is 2.04 bits per heavy atom. The number of benzene rings is 1. The Bertz CT molecular complexity index is 879. The van der Waals surface area contributed by atoms with Gasteiger partial charge < -0.3 is 15.4 Å². The molecule has 0 aliphatic carbocycles. The predicted molar refractivity (Wildman–Crippen MR) is 101 cm³/mol. The van der Waals surface area contributed by atoms with Crippen LogP contribution in [0.1, 0.15) is 36.2 Å². The summed E-state index contributed by atoms with van der Waals surface area (Å²) in [6.45, 7) is 5.91. The van der Waals surface area contributed by atoms with Gasteiger partial charge in [0.05, 0.1) is 18.8 Å². The van der Waals surface area contributed by atoms with Gasteiger partial charge in [0.15, 0.2) is 0 Å². The topological polar surface area (TPSA) is 80.5 Å². The third-order valence-electron chi connectivity index (χ3n) is 4.25. The number of carbonyl (C=O) groups is 1. The van der Waals surface area contributed by atoms with E-state index in [0.29, 0.717) is 5.78 Å². The molecule has 2 N–H and O–H groups in total. The second kappa shape index (κ2) is 7.43. The van der Waals surface area contributed by atoms with Gasteiger partial charge in [0.2, 0.25) is 5.78 Å². The fourth-order valence-electron chi connectivity index (χ4n) is 3.07. The van der Waals surface area contributed by atoms with Crippen molar-refractivity contribution in [3.63, 3.8) is 0 Å². The molecular formula is C19H23N5O2. The zero-order chi connectivity index (χ0) is 18.7. The number of hydrogen-bond acceptors (Lipinski definition) is 4. The third-order valence-corrected chi connectivity index (χ3v) is 4.25. The molecule has 0 aliphatic rings. The first-order valence-electron chi connectivity index (χ1n) is 8.54. The first-order chi connectivity index (χ1) is 12.5. The Morgan fingerprint density at radius 1 is 1.31 bits per heavy atom. The molecular weight excluding hydrogens is 330 g/mol. The second-order valence-electron chi connectivity index (χ2n) is 6.20. The third kappa shape index (κ3) is 3.61. The van der Waals surface area contributed by atoms with Crippen LogP contribution in [0.5, 0.6) is 5.75 Å². The van der Waals surface area contributed by atoms with Crippen molar-refractivity contribution in [1.29, 1.82) is 0 Å². The van der Waals surface area contributed by atoms with Gasteiger partial charge in [-0.1, -0.05) is 6.92 Å². The fourth-order valence-corrected chi connectivity index (χ4v) is 3.07. The van der Waals surface area contributed by atoms with Gasteiger partial charge in [-0.2, -0.15) is 0 Å². The standard InChI is InChI=1S/C19H23N5O2/c1-5-15(16-11-24-8-6-7-20-18(24)22-16)23-19(25)21-14-9-12(2)17(26-4)13(3)10-14/h6-11,15H,5H2,1-4H3,(H2,21,23,25). The number of nitrogens with zero attached hydrogens (tertiary/aromatic N) is 3. The maximum atomic E-state index is 12.4. The van der Waals surface area contributed by atoms with E-state index >= 15 is 0 Å². The molecule has 3 rings (SSSR count). The van der Waals surface area contributed by atoms with Crippen LogP contribution in [0.4, 0.5) is 10.5 Å². The van der Waals surface area contributed by atoms with Gasteiger partial charge >= 0.3 is 6.03 Å². The van der Waals surface area contributed by atoms with Crippen molar-refractivity contribution in [2.75, 3.05) is 12.4 Å². The molecule has 0 radical (unpaired) electrons. The molecule has 2 aromatic heterocycles. The molecule has 0 spiro atoms. The summed E-state index contributed by atoms with van der Waals surface area (Å²) in [6.07, 6.45) is 6.19. The minimum absolute atomic E-state index is 0.197. The van der Waals surface area contributed by atoms with Crippen molar-refractivity contribution in [3.05, 3.63) is 53.6 Å². The van der Waals surface area contributed by atoms with Crippen LogP contribution in [0.2, 0.25) is 0 Å². The number of fused-ring (bicyclic) bond motifs is 1. The SMILES string of the molecule is CCC(NC(=O)Nc1cc(C)c(OC)c(C)c1)c1cn2cccnc2n1. The molecule has 0 saturated heterocycles. The summed E-state index contributed by atoms with van der Waals surface area (Å²) in [5, 5.41) is 5.86. The smallest absolute Gasteiger partial charge is 0.319 e. The van der Waals surface area contributed by atoms with Crippen molar-refractivity contribution < 1.29 is 9.53 Å². The Morgan fingerprint density at radius 3 is 2.65 bits per heavy atom. The first kappa shape index (κ1) is 17.7. The summed E-state index contributed by atoms with van der Waals surface area (Å²) in [6, 6.07) is 5.15. The highest BCUT2D eigenvalue weighted by atomic mass is 16.5. The molecule has 7 heteroatoms. The molecule has 7 nitrogen and oxygen atoms in total. The Hall–Kier alpha value is -3.09. The van der Waals surface area contributed by atoms with E-state index in [2.05, 4.69) is 20.6 Å². The number of carbonyl (C=O) groups excluding carboxylic acids is 1. The van der Waals surface area contributed by atoms with Gasteiger partial charge in [0, 0.05) is 24.3 Å². The summed E-state index contributed by atoms with van der Waals surface area (Å²) in [5.74, 6) is 1.45. The van der Waals surface area contributed by atoms with Gasteiger partial charge in [-0.05, 0) is 49.6 Å². The fraction of sp³-hybridized carbons (Fsp3) is 0.316. The van der Waals surface area contributed by atoms with E-state index in [4.69, 9.17) is 4.74 Å². The molecule has 1 aromatic carbocycles. The van der Waals surface area contributed by atoms with Crippen LogP contribution in [0.3, 0.4) is 0 Å². The largest absolute Gasteiger partial charge is 0.496 e. The number of rotatable bonds is 5. The van der Waals surface area contributed by atoms with Gasteiger partial charge in [0.1, 0.15) is 5.75 Å². The molecule has 0 saturated carbocycles. The van der Waals surface area contributed by atoms with E-state index in [9.17, 15) is 4.79 Å². The average Bonchev–Trinajstić information content (AvgIpc) is 3.03. The van der Waals surface area contributed by atoms with E-state index in [-0.39, 0.29) is 12.1 Å². The zero-order valence-electron chi connectivity index (χ0n) is 15.4. The number of urea groups is 1. The lowest BCUT2D eigenvalue weighted by molar-refractivity contribution is 0.248. The highest BCUT2D eigenvalue weighted by Crippen LogP contribution is 2.26. The molecule has 0 bridgehead atoms. The minimum atomic E-state index is -0.272. The normalized spacial score (nSPS) is 12.0. The predicted octanol–water partition coefficient (Wildman–Crippen LogP) is 3.63. The van der Waals surface area contributed by atoms with Crippen molar-refractivity contribution in [2.45, 2.75) is 33.2 Å². The van der Waals surface area contributed by atoms with Crippen molar-refractivity contribution >= 4 is 17.5 Å². The number of nitrogens with one attached hydrogen (secondary N) is 2. The molecule has 1 atom stereocenters. The van der Waals surface area contributed by atoms with E-state index in [0.717, 1.165) is 34.7 Å². The minimum Gasteiger partial charge on any atom is -0.496 e. The Labute approximate surface area is 152 Å². The summed E-state index contributed by atoms with van der Waals surface area (Å²) in [4.78, 5) is 21.1. The quantitative estimate of drug-likeness (QED) is 0.734. The molecule has 0 fully saturated rings. The van der Waals surface area contributed by atoms with Crippen LogP contribution in [-0.4, -0.2) is 27.5 Å². The average molecular weight is 353 g/mol. The van der Waals surface area contributed by atoms with E-state index in [1.54, 1.807) is 13.3 Å². The lowest BCUT2D eigenvalue weighted by Crippen LogP contribution is -2.32. The molecule has 0 aliphatic heterocycles. The number of amides is 2. The number of aryl methyl sites for hydroxylation is 2. The lowest BCUT2D eigenvalue weighted by Gasteiger charge is -2.16.